The van der Waals surface area contributed by atoms with Crippen molar-refractivity contribution in [3.63, 3.8) is 0 Å². The van der Waals surface area contributed by atoms with E-state index < -0.39 is 9.84 Å². The van der Waals surface area contributed by atoms with Crippen LogP contribution in [0.5, 0.6) is 0 Å². The lowest BCUT2D eigenvalue weighted by Gasteiger charge is -2.14. The topological polar surface area (TPSA) is 79.6 Å². The van der Waals surface area contributed by atoms with Crippen LogP contribution in [0, 0.1) is 6.92 Å². The molecule has 0 aliphatic carbocycles. The van der Waals surface area contributed by atoms with Crippen molar-refractivity contribution in [2.45, 2.75) is 16.7 Å². The van der Waals surface area contributed by atoms with Crippen LogP contribution in [-0.4, -0.2) is 44.2 Å². The first-order valence-corrected chi connectivity index (χ1v) is 8.90. The Labute approximate surface area is 153 Å². The number of nitrogens with one attached hydrogen (secondary N) is 1. The molecule has 0 amide bonds. The Bertz CT molecular complexity index is 1000. The summed E-state index contributed by atoms with van der Waals surface area (Å²) in [6.45, 7) is 1.83. The summed E-state index contributed by atoms with van der Waals surface area (Å²) in [5.74, 6) is 1.03. The van der Waals surface area contributed by atoms with Gasteiger partial charge in [0.1, 0.15) is 5.82 Å². The number of anilines is 2. The van der Waals surface area contributed by atoms with Gasteiger partial charge in [0, 0.05) is 32.9 Å². The van der Waals surface area contributed by atoms with Crippen LogP contribution in [-0.2, 0) is 9.84 Å². The molecule has 0 aliphatic rings. The van der Waals surface area contributed by atoms with Crippen molar-refractivity contribution in [3.05, 3.63) is 42.1 Å². The first kappa shape index (κ1) is 19.0. The second-order valence-electron chi connectivity index (χ2n) is 5.63. The molecule has 2 heterocycles. The summed E-state index contributed by atoms with van der Waals surface area (Å²) < 4.78 is 27.8. The van der Waals surface area contributed by atoms with E-state index in [1.54, 1.807) is 41.9 Å². The summed E-state index contributed by atoms with van der Waals surface area (Å²) in [4.78, 5) is 6.60. The maximum absolute atomic E-state index is 13.1. The third-order valence-electron chi connectivity index (χ3n) is 3.67. The molecule has 1 N–H and O–H groups in total. The number of aromatic nitrogens is 3. The molecule has 0 spiro atoms. The van der Waals surface area contributed by atoms with Gasteiger partial charge in [0.15, 0.2) is 16.4 Å². The number of benzene rings is 1. The number of sulfone groups is 1. The summed E-state index contributed by atoms with van der Waals surface area (Å²) in [5.41, 5.74) is 1.03. The van der Waals surface area contributed by atoms with E-state index in [0.717, 1.165) is 11.5 Å². The number of fused-ring (bicyclic) bond motifs is 1. The Morgan fingerprint density at radius 3 is 2.36 bits per heavy atom. The van der Waals surface area contributed by atoms with Gasteiger partial charge in [0.05, 0.1) is 4.90 Å². The van der Waals surface area contributed by atoms with Crippen molar-refractivity contribution < 1.29 is 8.42 Å². The fraction of sp³-hybridized carbons (Fsp3) is 0.250. The zero-order chi connectivity index (χ0) is 17.5. The van der Waals surface area contributed by atoms with E-state index in [4.69, 9.17) is 0 Å². The largest absolute Gasteiger partial charge is 0.370 e. The molecule has 2 aromatic heterocycles. The molecule has 0 fully saturated rings. The van der Waals surface area contributed by atoms with Gasteiger partial charge in [-0.05, 0) is 19.1 Å². The summed E-state index contributed by atoms with van der Waals surface area (Å²) in [6.07, 6.45) is 0. The molecule has 0 saturated carbocycles. The molecule has 7 nitrogen and oxygen atoms in total. The van der Waals surface area contributed by atoms with Crippen LogP contribution in [0.15, 0.2) is 46.2 Å². The molecule has 1 aromatic carbocycles. The van der Waals surface area contributed by atoms with Gasteiger partial charge in [-0.1, -0.05) is 18.2 Å². The monoisotopic (exact) mass is 381 g/mol. The number of halogens is 1. The highest BCUT2D eigenvalue weighted by Crippen LogP contribution is 2.32. The predicted molar refractivity (Wildman–Crippen MR) is 101 cm³/mol. The molecule has 3 aromatic rings. The average Bonchev–Trinajstić information content (AvgIpc) is 2.93. The SMILES string of the molecule is CNc1nn2c(N(C)C)cc(C)nc2c1S(=O)(=O)c1ccccc1.Cl. The highest BCUT2D eigenvalue weighted by Gasteiger charge is 2.29. The van der Waals surface area contributed by atoms with E-state index in [9.17, 15) is 8.42 Å². The van der Waals surface area contributed by atoms with Crippen LogP contribution < -0.4 is 10.2 Å². The molecule has 0 aliphatic heterocycles. The molecule has 9 heteroatoms. The van der Waals surface area contributed by atoms with Gasteiger partial charge in [-0.15, -0.1) is 17.5 Å². The van der Waals surface area contributed by atoms with E-state index in [-0.39, 0.29) is 28.0 Å². The van der Waals surface area contributed by atoms with Crippen LogP contribution in [0.3, 0.4) is 0 Å². The normalized spacial score (nSPS) is 11.2. The van der Waals surface area contributed by atoms with Crippen molar-refractivity contribution in [3.8, 4) is 0 Å². The number of hydrogen-bond acceptors (Lipinski definition) is 6. The minimum Gasteiger partial charge on any atom is -0.370 e. The van der Waals surface area contributed by atoms with Gasteiger partial charge >= 0.3 is 0 Å². The molecule has 0 atom stereocenters. The standard InChI is InChI=1S/C16H19N5O2S.ClH/c1-11-10-13(20(3)4)21-16(18-11)14(15(17-2)19-21)24(22,23)12-8-6-5-7-9-12;/h5-10H,1-4H3,(H,17,19);1H. The fourth-order valence-corrected chi connectivity index (χ4v) is 4.07. The van der Waals surface area contributed by atoms with Crippen LogP contribution in [0.2, 0.25) is 0 Å². The molecule has 25 heavy (non-hydrogen) atoms. The molecule has 0 saturated heterocycles. The minimum atomic E-state index is -3.75. The Morgan fingerprint density at radius 2 is 1.80 bits per heavy atom. The van der Waals surface area contributed by atoms with Crippen molar-refractivity contribution >= 4 is 39.5 Å². The lowest BCUT2D eigenvalue weighted by molar-refractivity contribution is 0.597. The van der Waals surface area contributed by atoms with E-state index in [0.29, 0.717) is 5.65 Å². The van der Waals surface area contributed by atoms with Gasteiger partial charge in [0.25, 0.3) is 0 Å². The van der Waals surface area contributed by atoms with Gasteiger partial charge in [-0.3, -0.25) is 0 Å². The number of nitrogens with zero attached hydrogens (tertiary/aromatic N) is 4. The van der Waals surface area contributed by atoms with Gasteiger partial charge in [0.2, 0.25) is 9.84 Å². The minimum absolute atomic E-state index is 0. The van der Waals surface area contributed by atoms with E-state index in [1.807, 2.05) is 32.0 Å². The second kappa shape index (κ2) is 6.89. The summed E-state index contributed by atoms with van der Waals surface area (Å²) in [6, 6.07) is 10.2. The van der Waals surface area contributed by atoms with Crippen molar-refractivity contribution in [2.75, 3.05) is 31.4 Å². The van der Waals surface area contributed by atoms with Crippen molar-refractivity contribution in [1.29, 1.82) is 0 Å². The maximum atomic E-state index is 13.1. The number of aryl methyl sites for hydroxylation is 1. The molecule has 0 bridgehead atoms. The van der Waals surface area contributed by atoms with Gasteiger partial charge < -0.3 is 10.2 Å². The lowest BCUT2D eigenvalue weighted by atomic mass is 10.4. The first-order valence-electron chi connectivity index (χ1n) is 7.42. The third kappa shape index (κ3) is 3.14. The van der Waals surface area contributed by atoms with E-state index in [1.165, 1.54) is 0 Å². The molecule has 134 valence electrons. The van der Waals surface area contributed by atoms with Crippen molar-refractivity contribution in [1.82, 2.24) is 14.6 Å². The zero-order valence-corrected chi connectivity index (χ0v) is 16.0. The van der Waals surface area contributed by atoms with Crippen LogP contribution in [0.25, 0.3) is 5.65 Å². The van der Waals surface area contributed by atoms with Crippen LogP contribution >= 0.6 is 12.4 Å². The second-order valence-corrected chi connectivity index (χ2v) is 7.52. The molecular weight excluding hydrogens is 362 g/mol. The summed E-state index contributed by atoms with van der Waals surface area (Å²) >= 11 is 0. The highest BCUT2D eigenvalue weighted by molar-refractivity contribution is 7.91. The van der Waals surface area contributed by atoms with E-state index in [2.05, 4.69) is 15.4 Å². The summed E-state index contributed by atoms with van der Waals surface area (Å²) in [7, 11) is 1.65. The predicted octanol–water partition coefficient (Wildman–Crippen LogP) is 2.40. The molecule has 3 rings (SSSR count). The summed E-state index contributed by atoms with van der Waals surface area (Å²) in [5, 5.41) is 7.28. The number of hydrogen-bond donors (Lipinski definition) is 1. The Balaban J connectivity index is 0.00000225. The smallest absolute Gasteiger partial charge is 0.214 e. The average molecular weight is 382 g/mol. The third-order valence-corrected chi connectivity index (χ3v) is 5.48. The van der Waals surface area contributed by atoms with Crippen LogP contribution in [0.4, 0.5) is 11.6 Å². The van der Waals surface area contributed by atoms with Crippen molar-refractivity contribution in [2.24, 2.45) is 0 Å². The van der Waals surface area contributed by atoms with Gasteiger partial charge in [-0.2, -0.15) is 4.52 Å². The molecule has 0 unspecified atom stereocenters. The Morgan fingerprint density at radius 1 is 1.16 bits per heavy atom. The zero-order valence-electron chi connectivity index (χ0n) is 14.4. The van der Waals surface area contributed by atoms with Gasteiger partial charge in [-0.25, -0.2) is 13.4 Å². The molecule has 0 radical (unpaired) electrons. The quantitative estimate of drug-likeness (QED) is 0.747. The first-order chi connectivity index (χ1) is 11.4. The Kier molecular flexibility index (Phi) is 5.24. The number of rotatable bonds is 4. The fourth-order valence-electron chi connectivity index (χ4n) is 2.55. The molecular formula is C16H20ClN5O2S. The maximum Gasteiger partial charge on any atom is 0.214 e. The lowest BCUT2D eigenvalue weighted by Crippen LogP contribution is -2.15. The Hall–Kier alpha value is -2.32. The van der Waals surface area contributed by atoms with Crippen LogP contribution in [0.1, 0.15) is 5.69 Å². The van der Waals surface area contributed by atoms with E-state index >= 15 is 0 Å². The highest BCUT2D eigenvalue weighted by atomic mass is 35.5.